The van der Waals surface area contributed by atoms with Gasteiger partial charge in [0.15, 0.2) is 0 Å². The summed E-state index contributed by atoms with van der Waals surface area (Å²) < 4.78 is 0. The van der Waals surface area contributed by atoms with Crippen LogP contribution in [0.2, 0.25) is 0 Å². The van der Waals surface area contributed by atoms with Crippen LogP contribution in [-0.2, 0) is 4.79 Å². The first kappa shape index (κ1) is 10.5. The van der Waals surface area contributed by atoms with E-state index in [2.05, 4.69) is 5.32 Å². The van der Waals surface area contributed by atoms with E-state index < -0.39 is 11.5 Å². The van der Waals surface area contributed by atoms with Crippen LogP contribution >= 0.6 is 0 Å². The second kappa shape index (κ2) is 4.09. The predicted octanol–water partition coefficient (Wildman–Crippen LogP) is 1.77. The van der Waals surface area contributed by atoms with Crippen LogP contribution in [0.5, 0.6) is 0 Å². The molecule has 1 saturated carbocycles. The molecule has 0 spiro atoms. The summed E-state index contributed by atoms with van der Waals surface area (Å²) in [5, 5.41) is 12.4. The highest BCUT2D eigenvalue weighted by Crippen LogP contribution is 2.28. The van der Waals surface area contributed by atoms with Crippen molar-refractivity contribution in [2.24, 2.45) is 0 Å². The van der Waals surface area contributed by atoms with Gasteiger partial charge < -0.3 is 5.11 Å². The van der Waals surface area contributed by atoms with Crippen molar-refractivity contribution in [2.45, 2.75) is 57.5 Å². The maximum absolute atomic E-state index is 11.1. The first-order valence-corrected chi connectivity index (χ1v) is 5.08. The van der Waals surface area contributed by atoms with Crippen molar-refractivity contribution in [3.8, 4) is 0 Å². The maximum Gasteiger partial charge on any atom is 0.323 e. The van der Waals surface area contributed by atoms with Crippen LogP contribution in [-0.4, -0.2) is 22.7 Å². The molecule has 1 aliphatic carbocycles. The zero-order chi connectivity index (χ0) is 9.90. The topological polar surface area (TPSA) is 49.3 Å². The fraction of sp³-hybridized carbons (Fsp3) is 0.900. The van der Waals surface area contributed by atoms with Crippen molar-refractivity contribution in [2.75, 3.05) is 0 Å². The Bertz CT molecular complexity index is 183. The van der Waals surface area contributed by atoms with E-state index in [0.29, 0.717) is 0 Å². The lowest BCUT2D eigenvalue weighted by atomic mass is 9.81. The molecule has 0 heterocycles. The Labute approximate surface area is 79.5 Å². The number of nitrogens with one attached hydrogen (secondary N) is 1. The molecule has 0 unspecified atom stereocenters. The number of carboxylic acids is 1. The van der Waals surface area contributed by atoms with E-state index in [-0.39, 0.29) is 6.04 Å². The summed E-state index contributed by atoms with van der Waals surface area (Å²) in [6.07, 6.45) is 4.80. The summed E-state index contributed by atoms with van der Waals surface area (Å²) in [6.45, 7) is 4.00. The number of carboxylic acid groups (broad SMARTS) is 1. The molecule has 0 saturated heterocycles. The normalized spacial score (nSPS) is 21.8. The van der Waals surface area contributed by atoms with E-state index in [1.54, 1.807) is 0 Å². The smallest absolute Gasteiger partial charge is 0.323 e. The summed E-state index contributed by atoms with van der Waals surface area (Å²) in [6, 6.07) is 0.245. The summed E-state index contributed by atoms with van der Waals surface area (Å²) in [5.74, 6) is -0.680. The number of hydrogen-bond donors (Lipinski definition) is 2. The van der Waals surface area contributed by atoms with Gasteiger partial charge in [-0.2, -0.15) is 0 Å². The molecule has 2 N–H and O–H groups in total. The van der Waals surface area contributed by atoms with Crippen LogP contribution in [0.1, 0.15) is 46.0 Å². The van der Waals surface area contributed by atoms with Crippen LogP contribution in [0, 0.1) is 0 Å². The van der Waals surface area contributed by atoms with Crippen LogP contribution in [0.3, 0.4) is 0 Å². The van der Waals surface area contributed by atoms with Gasteiger partial charge in [0.05, 0.1) is 0 Å². The number of rotatable bonds is 3. The number of aliphatic carboxylic acids is 1. The second-order valence-electron chi connectivity index (χ2n) is 4.25. The standard InChI is InChI=1S/C10H19NO2/c1-8(2)11-10(9(12)13)6-4-3-5-7-10/h8,11H,3-7H2,1-2H3,(H,12,13). The zero-order valence-corrected chi connectivity index (χ0v) is 8.47. The monoisotopic (exact) mass is 185 g/mol. The molecule has 0 atom stereocenters. The van der Waals surface area contributed by atoms with E-state index in [1.807, 2.05) is 13.8 Å². The lowest BCUT2D eigenvalue weighted by Gasteiger charge is -2.35. The molecule has 0 radical (unpaired) electrons. The van der Waals surface area contributed by atoms with Crippen molar-refractivity contribution >= 4 is 5.97 Å². The van der Waals surface area contributed by atoms with E-state index in [9.17, 15) is 9.90 Å². The Morgan fingerprint density at radius 2 is 1.85 bits per heavy atom. The first-order valence-electron chi connectivity index (χ1n) is 5.08. The fourth-order valence-electron chi connectivity index (χ4n) is 2.13. The third-order valence-electron chi connectivity index (χ3n) is 2.68. The van der Waals surface area contributed by atoms with Crippen LogP contribution in [0.15, 0.2) is 0 Å². The van der Waals surface area contributed by atoms with Gasteiger partial charge in [-0.15, -0.1) is 0 Å². The Balaban J connectivity index is 2.67. The van der Waals surface area contributed by atoms with Crippen LogP contribution in [0.25, 0.3) is 0 Å². The largest absolute Gasteiger partial charge is 0.480 e. The second-order valence-corrected chi connectivity index (χ2v) is 4.25. The Morgan fingerprint density at radius 1 is 1.31 bits per heavy atom. The average molecular weight is 185 g/mol. The highest BCUT2D eigenvalue weighted by Gasteiger charge is 2.39. The lowest BCUT2D eigenvalue weighted by Crippen LogP contribution is -2.55. The summed E-state index contributed by atoms with van der Waals surface area (Å²) in [5.41, 5.74) is -0.633. The van der Waals surface area contributed by atoms with Gasteiger partial charge in [-0.1, -0.05) is 19.3 Å². The summed E-state index contributed by atoms with van der Waals surface area (Å²) >= 11 is 0. The molecule has 0 aromatic rings. The molecular formula is C10H19NO2. The molecule has 0 aromatic heterocycles. The molecule has 1 fully saturated rings. The molecule has 13 heavy (non-hydrogen) atoms. The van der Waals surface area contributed by atoms with E-state index in [0.717, 1.165) is 25.7 Å². The minimum Gasteiger partial charge on any atom is -0.480 e. The fourth-order valence-corrected chi connectivity index (χ4v) is 2.13. The van der Waals surface area contributed by atoms with Gasteiger partial charge in [0.2, 0.25) is 0 Å². The third kappa shape index (κ3) is 2.44. The molecule has 0 bridgehead atoms. The Hall–Kier alpha value is -0.570. The first-order chi connectivity index (χ1) is 6.07. The van der Waals surface area contributed by atoms with Crippen molar-refractivity contribution < 1.29 is 9.90 Å². The molecule has 0 aromatic carbocycles. The molecule has 1 rings (SSSR count). The quantitative estimate of drug-likeness (QED) is 0.704. The van der Waals surface area contributed by atoms with Gasteiger partial charge in [0, 0.05) is 6.04 Å². The minimum atomic E-state index is -0.680. The van der Waals surface area contributed by atoms with Gasteiger partial charge in [-0.05, 0) is 26.7 Å². The van der Waals surface area contributed by atoms with E-state index >= 15 is 0 Å². The van der Waals surface area contributed by atoms with Crippen molar-refractivity contribution in [3.63, 3.8) is 0 Å². The van der Waals surface area contributed by atoms with Gasteiger partial charge >= 0.3 is 5.97 Å². The maximum atomic E-state index is 11.1. The molecule has 76 valence electrons. The molecule has 1 aliphatic rings. The van der Waals surface area contributed by atoms with Gasteiger partial charge in [0.1, 0.15) is 5.54 Å². The van der Waals surface area contributed by atoms with Crippen LogP contribution < -0.4 is 5.32 Å². The van der Waals surface area contributed by atoms with E-state index in [4.69, 9.17) is 0 Å². The van der Waals surface area contributed by atoms with Crippen molar-refractivity contribution in [1.82, 2.24) is 5.32 Å². The third-order valence-corrected chi connectivity index (χ3v) is 2.68. The van der Waals surface area contributed by atoms with Gasteiger partial charge in [0.25, 0.3) is 0 Å². The number of carbonyl (C=O) groups is 1. The zero-order valence-electron chi connectivity index (χ0n) is 8.47. The number of hydrogen-bond acceptors (Lipinski definition) is 2. The summed E-state index contributed by atoms with van der Waals surface area (Å²) in [4.78, 5) is 11.1. The van der Waals surface area contributed by atoms with Crippen molar-refractivity contribution in [1.29, 1.82) is 0 Å². The van der Waals surface area contributed by atoms with Crippen LogP contribution in [0.4, 0.5) is 0 Å². The minimum absolute atomic E-state index is 0.245. The van der Waals surface area contributed by atoms with Gasteiger partial charge in [-0.25, -0.2) is 0 Å². The highest BCUT2D eigenvalue weighted by molar-refractivity contribution is 5.78. The highest BCUT2D eigenvalue weighted by atomic mass is 16.4. The molecule has 0 amide bonds. The molecule has 0 aliphatic heterocycles. The molecule has 3 heteroatoms. The SMILES string of the molecule is CC(C)NC1(C(=O)O)CCCCC1. The predicted molar refractivity (Wildman–Crippen MR) is 51.7 cm³/mol. The van der Waals surface area contributed by atoms with Crippen molar-refractivity contribution in [3.05, 3.63) is 0 Å². The molecule has 3 nitrogen and oxygen atoms in total. The molecular weight excluding hydrogens is 166 g/mol. The Kier molecular flexibility index (Phi) is 3.31. The van der Waals surface area contributed by atoms with Gasteiger partial charge in [-0.3, -0.25) is 10.1 Å². The average Bonchev–Trinajstić information content (AvgIpc) is 2.04. The van der Waals surface area contributed by atoms with E-state index in [1.165, 1.54) is 6.42 Å². The lowest BCUT2D eigenvalue weighted by molar-refractivity contribution is -0.146. The summed E-state index contributed by atoms with van der Waals surface area (Å²) in [7, 11) is 0. The Morgan fingerprint density at radius 3 is 2.23 bits per heavy atom.